The van der Waals surface area contributed by atoms with Crippen molar-refractivity contribution in [3.05, 3.63) is 164 Å². The van der Waals surface area contributed by atoms with Crippen LogP contribution in [0.2, 0.25) is 0 Å². The molecule has 0 spiro atoms. The molecule has 0 amide bonds. The van der Waals surface area contributed by atoms with Crippen molar-refractivity contribution in [2.45, 2.75) is 0 Å². The highest BCUT2D eigenvalue weighted by Crippen LogP contribution is 2.49. The molecule has 0 aliphatic rings. The molecule has 0 fully saturated rings. The topological polar surface area (TPSA) is 16.4 Å². The molecule has 0 unspecified atom stereocenters. The number of nitrogens with zero attached hydrogens (tertiary/aromatic N) is 1. The molecule has 0 aliphatic carbocycles. The van der Waals surface area contributed by atoms with Crippen molar-refractivity contribution in [1.82, 2.24) is 0 Å². The first-order valence-corrected chi connectivity index (χ1v) is 16.0. The minimum Gasteiger partial charge on any atom is -0.454 e. The Kier molecular flexibility index (Phi) is 6.03. The fourth-order valence-electron chi connectivity index (χ4n) is 6.55. The second kappa shape index (κ2) is 10.5. The highest BCUT2D eigenvalue weighted by molar-refractivity contribution is 7.26. The third-order valence-corrected chi connectivity index (χ3v) is 9.84. The summed E-state index contributed by atoms with van der Waals surface area (Å²) in [7, 11) is 0. The summed E-state index contributed by atoms with van der Waals surface area (Å²) in [4.78, 5) is 2.37. The minimum absolute atomic E-state index is 0.894. The lowest BCUT2D eigenvalue weighted by Gasteiger charge is -2.27. The van der Waals surface area contributed by atoms with Crippen LogP contribution >= 0.6 is 11.3 Å². The van der Waals surface area contributed by atoms with Crippen LogP contribution in [0.5, 0.6) is 0 Å². The van der Waals surface area contributed by atoms with Crippen LogP contribution in [0.25, 0.3) is 64.4 Å². The molecule has 7 aromatic carbocycles. The van der Waals surface area contributed by atoms with E-state index in [4.69, 9.17) is 4.42 Å². The largest absolute Gasteiger partial charge is 0.454 e. The molecule has 2 heterocycles. The van der Waals surface area contributed by atoms with Gasteiger partial charge in [0.05, 0.1) is 5.69 Å². The van der Waals surface area contributed by atoms with E-state index in [1.165, 1.54) is 47.8 Å². The van der Waals surface area contributed by atoms with Crippen LogP contribution in [0.1, 0.15) is 0 Å². The van der Waals surface area contributed by atoms with E-state index in [-0.39, 0.29) is 0 Å². The number of fused-ring (bicyclic) bond motifs is 7. The summed E-state index contributed by atoms with van der Waals surface area (Å²) < 4.78 is 9.34. The fourth-order valence-corrected chi connectivity index (χ4v) is 7.79. The average molecular weight is 594 g/mol. The maximum Gasteiger partial charge on any atom is 0.160 e. The van der Waals surface area contributed by atoms with Crippen LogP contribution < -0.4 is 4.90 Å². The predicted molar refractivity (Wildman–Crippen MR) is 192 cm³/mol. The van der Waals surface area contributed by atoms with Gasteiger partial charge in [0.1, 0.15) is 5.58 Å². The standard InChI is InChI=1S/C42H27NOS/c1-3-13-28(14-4-1)30-17-11-19-32(25-30)43(33-20-12-18-31(26-33)29-15-5-2-6-16-29)37-27-36-34-21-8-10-24-39(34)45-42(36)40-35-22-7-9-23-38(35)44-41(37)40/h1-27H. The lowest BCUT2D eigenvalue weighted by molar-refractivity contribution is 0.669. The van der Waals surface area contributed by atoms with Crippen LogP contribution in [0, 0.1) is 0 Å². The van der Waals surface area contributed by atoms with Gasteiger partial charge >= 0.3 is 0 Å². The Balaban J connectivity index is 1.38. The molecule has 9 rings (SSSR count). The first-order valence-electron chi connectivity index (χ1n) is 15.2. The fraction of sp³-hybridized carbons (Fsp3) is 0. The maximum atomic E-state index is 6.81. The minimum atomic E-state index is 0.894. The van der Waals surface area contributed by atoms with Crippen molar-refractivity contribution in [2.75, 3.05) is 4.90 Å². The Morgan fingerprint density at radius 2 is 1.00 bits per heavy atom. The molecule has 0 radical (unpaired) electrons. The molecule has 45 heavy (non-hydrogen) atoms. The van der Waals surface area contributed by atoms with Gasteiger partial charge in [-0.2, -0.15) is 0 Å². The van der Waals surface area contributed by atoms with Crippen LogP contribution in [0.4, 0.5) is 17.1 Å². The molecule has 0 saturated carbocycles. The monoisotopic (exact) mass is 593 g/mol. The normalized spacial score (nSPS) is 11.6. The lowest BCUT2D eigenvalue weighted by Crippen LogP contribution is -2.10. The molecule has 2 nitrogen and oxygen atoms in total. The van der Waals surface area contributed by atoms with Crippen molar-refractivity contribution < 1.29 is 4.42 Å². The van der Waals surface area contributed by atoms with Crippen molar-refractivity contribution in [2.24, 2.45) is 0 Å². The van der Waals surface area contributed by atoms with Gasteiger partial charge in [0.15, 0.2) is 5.58 Å². The van der Waals surface area contributed by atoms with E-state index in [9.17, 15) is 0 Å². The summed E-state index contributed by atoms with van der Waals surface area (Å²) in [5.74, 6) is 0. The van der Waals surface area contributed by atoms with E-state index in [2.05, 4.69) is 169 Å². The van der Waals surface area contributed by atoms with Gasteiger partial charge in [-0.3, -0.25) is 0 Å². The maximum absolute atomic E-state index is 6.81. The molecule has 9 aromatic rings. The van der Waals surface area contributed by atoms with Crippen LogP contribution in [0.15, 0.2) is 168 Å². The highest BCUT2D eigenvalue weighted by Gasteiger charge is 2.24. The molecule has 0 bridgehead atoms. The van der Waals surface area contributed by atoms with Gasteiger partial charge in [0.2, 0.25) is 0 Å². The van der Waals surface area contributed by atoms with Gasteiger partial charge in [-0.1, -0.05) is 121 Å². The van der Waals surface area contributed by atoms with Gasteiger partial charge in [0, 0.05) is 42.3 Å². The van der Waals surface area contributed by atoms with Gasteiger partial charge in [-0.15, -0.1) is 11.3 Å². The number of furan rings is 1. The molecule has 0 N–H and O–H groups in total. The Morgan fingerprint density at radius 1 is 0.444 bits per heavy atom. The summed E-state index contributed by atoms with van der Waals surface area (Å²) in [5, 5.41) is 4.82. The summed E-state index contributed by atoms with van der Waals surface area (Å²) in [6, 6.07) is 58.3. The highest BCUT2D eigenvalue weighted by atomic mass is 32.1. The van der Waals surface area contributed by atoms with Crippen molar-refractivity contribution in [1.29, 1.82) is 0 Å². The van der Waals surface area contributed by atoms with E-state index >= 15 is 0 Å². The second-order valence-corrected chi connectivity index (χ2v) is 12.4. The van der Waals surface area contributed by atoms with Gasteiger partial charge in [-0.25, -0.2) is 0 Å². The summed E-state index contributed by atoms with van der Waals surface area (Å²) in [6.07, 6.45) is 0. The summed E-state index contributed by atoms with van der Waals surface area (Å²) >= 11 is 1.84. The molecule has 3 heteroatoms. The first kappa shape index (κ1) is 25.8. The molecule has 0 saturated heterocycles. The SMILES string of the molecule is c1ccc(-c2cccc(N(c3cccc(-c4ccccc4)c3)c3cc4c5ccccc5sc4c4c3oc3ccccc34)c2)cc1. The van der Waals surface area contributed by atoms with Crippen LogP contribution in [0.3, 0.4) is 0 Å². The zero-order chi connectivity index (χ0) is 29.7. The Morgan fingerprint density at radius 3 is 1.67 bits per heavy atom. The molecular formula is C42H27NOS. The Labute approximate surface area is 265 Å². The zero-order valence-electron chi connectivity index (χ0n) is 24.4. The van der Waals surface area contributed by atoms with E-state index in [0.29, 0.717) is 0 Å². The average Bonchev–Trinajstić information content (AvgIpc) is 3.68. The zero-order valence-corrected chi connectivity index (χ0v) is 25.2. The Bertz CT molecular complexity index is 2410. The van der Waals surface area contributed by atoms with Crippen LogP contribution in [-0.4, -0.2) is 0 Å². The molecule has 212 valence electrons. The lowest BCUT2D eigenvalue weighted by atomic mass is 10.0. The number of hydrogen-bond donors (Lipinski definition) is 0. The molecule has 0 aliphatic heterocycles. The number of hydrogen-bond acceptors (Lipinski definition) is 3. The predicted octanol–water partition coefficient (Wildman–Crippen LogP) is 12.8. The molecule has 0 atom stereocenters. The van der Waals surface area contributed by atoms with Gasteiger partial charge in [0.25, 0.3) is 0 Å². The van der Waals surface area contributed by atoms with Crippen molar-refractivity contribution in [3.8, 4) is 22.3 Å². The Hall–Kier alpha value is -5.64. The summed E-state index contributed by atoms with van der Waals surface area (Å²) in [6.45, 7) is 0. The number of benzene rings is 7. The van der Waals surface area contributed by atoms with Crippen molar-refractivity contribution >= 4 is 70.5 Å². The number of para-hydroxylation sites is 1. The van der Waals surface area contributed by atoms with E-state index in [0.717, 1.165) is 33.6 Å². The first-order chi connectivity index (χ1) is 22.3. The molecule has 2 aromatic heterocycles. The quantitative estimate of drug-likeness (QED) is 0.197. The smallest absolute Gasteiger partial charge is 0.160 e. The van der Waals surface area contributed by atoms with Crippen LogP contribution in [-0.2, 0) is 0 Å². The third kappa shape index (κ3) is 4.32. The number of thiophene rings is 1. The van der Waals surface area contributed by atoms with E-state index < -0.39 is 0 Å². The van der Waals surface area contributed by atoms with E-state index in [1.54, 1.807) is 0 Å². The second-order valence-electron chi connectivity index (χ2n) is 11.3. The third-order valence-electron chi connectivity index (χ3n) is 8.63. The number of anilines is 3. The van der Waals surface area contributed by atoms with E-state index in [1.807, 2.05) is 11.3 Å². The van der Waals surface area contributed by atoms with Crippen molar-refractivity contribution in [3.63, 3.8) is 0 Å². The number of rotatable bonds is 5. The summed E-state index contributed by atoms with van der Waals surface area (Å²) in [5.41, 5.74) is 9.66. The van der Waals surface area contributed by atoms with Gasteiger partial charge in [-0.05, 0) is 64.7 Å². The molecular weight excluding hydrogens is 567 g/mol. The van der Waals surface area contributed by atoms with Gasteiger partial charge < -0.3 is 9.32 Å².